The van der Waals surface area contributed by atoms with Gasteiger partial charge in [-0.05, 0) is 48.5 Å². The van der Waals surface area contributed by atoms with Gasteiger partial charge in [0.1, 0.15) is 5.82 Å². The minimum Gasteiger partial charge on any atom is -0.397 e. The second-order valence-corrected chi connectivity index (χ2v) is 8.80. The third-order valence-electron chi connectivity index (χ3n) is 5.83. The van der Waals surface area contributed by atoms with Crippen LogP contribution in [0.2, 0.25) is 5.02 Å². The van der Waals surface area contributed by atoms with Crippen LogP contribution in [0.15, 0.2) is 72.9 Å². The number of anilines is 3. The van der Waals surface area contributed by atoms with E-state index < -0.39 is 0 Å². The van der Waals surface area contributed by atoms with Gasteiger partial charge in [0.15, 0.2) is 0 Å². The molecular weight excluding hydrogens is 450 g/mol. The highest BCUT2D eigenvalue weighted by atomic mass is 35.5. The summed E-state index contributed by atoms with van der Waals surface area (Å²) in [5, 5.41) is 6.19. The number of carbonyl (C=O) groups excluding carboxylic acids is 2. The van der Waals surface area contributed by atoms with Gasteiger partial charge in [-0.25, -0.2) is 4.98 Å². The molecule has 1 aromatic heterocycles. The molecule has 2 heterocycles. The summed E-state index contributed by atoms with van der Waals surface area (Å²) in [4.78, 5) is 31.5. The number of amides is 2. The lowest BCUT2D eigenvalue weighted by molar-refractivity contribution is -0.120. The smallest absolute Gasteiger partial charge is 0.248 e. The molecule has 2 atom stereocenters. The Morgan fingerprint density at radius 3 is 2.53 bits per heavy atom. The van der Waals surface area contributed by atoms with Crippen molar-refractivity contribution in [2.45, 2.75) is 5.92 Å². The van der Waals surface area contributed by atoms with E-state index in [0.29, 0.717) is 28.8 Å². The van der Waals surface area contributed by atoms with Crippen molar-refractivity contribution >= 4 is 46.7 Å². The number of hydrogen-bond acceptors (Lipinski definition) is 5. The van der Waals surface area contributed by atoms with Gasteiger partial charge >= 0.3 is 0 Å². The topological polar surface area (TPSA) is 100 Å². The fourth-order valence-corrected chi connectivity index (χ4v) is 4.20. The van der Waals surface area contributed by atoms with E-state index in [1.807, 2.05) is 43.4 Å². The molecule has 0 unspecified atom stereocenters. The lowest BCUT2D eigenvalue weighted by Crippen LogP contribution is -2.28. The zero-order chi connectivity index (χ0) is 24.1. The van der Waals surface area contributed by atoms with E-state index in [9.17, 15) is 9.59 Å². The van der Waals surface area contributed by atoms with Crippen LogP contribution in [-0.2, 0) is 9.59 Å². The molecule has 7 nitrogen and oxygen atoms in total. The molecule has 4 rings (SSSR count). The van der Waals surface area contributed by atoms with Crippen LogP contribution in [0.3, 0.4) is 0 Å². The van der Waals surface area contributed by atoms with Gasteiger partial charge in [0.25, 0.3) is 0 Å². The first-order valence-electron chi connectivity index (χ1n) is 10.9. The number of nitrogen functional groups attached to an aromatic ring is 1. The molecule has 3 aromatic rings. The molecular formula is C26H26ClN5O2. The Bertz CT molecular complexity index is 1190. The molecule has 0 aliphatic carbocycles. The third-order valence-corrected chi connectivity index (χ3v) is 6.05. The lowest BCUT2D eigenvalue weighted by Gasteiger charge is -2.18. The summed E-state index contributed by atoms with van der Waals surface area (Å²) >= 11 is 5.88. The predicted molar refractivity (Wildman–Crippen MR) is 137 cm³/mol. The van der Waals surface area contributed by atoms with E-state index in [4.69, 9.17) is 17.3 Å². The maximum Gasteiger partial charge on any atom is 0.248 e. The zero-order valence-corrected chi connectivity index (χ0v) is 19.5. The van der Waals surface area contributed by atoms with Gasteiger partial charge < -0.3 is 21.3 Å². The number of likely N-dealkylation sites (tertiary alicyclic amines) is 1. The first kappa shape index (κ1) is 23.5. The van der Waals surface area contributed by atoms with Crippen molar-refractivity contribution in [3.05, 3.63) is 89.1 Å². The Balaban J connectivity index is 1.40. The Labute approximate surface area is 203 Å². The van der Waals surface area contributed by atoms with Gasteiger partial charge in [0, 0.05) is 31.3 Å². The number of nitrogens with one attached hydrogen (secondary N) is 2. The Morgan fingerprint density at radius 1 is 1.06 bits per heavy atom. The maximum atomic E-state index is 13.0. The Kier molecular flexibility index (Phi) is 7.25. The fourth-order valence-electron chi connectivity index (χ4n) is 4.08. The van der Waals surface area contributed by atoms with Gasteiger partial charge in [-0.15, -0.1) is 0 Å². The molecule has 1 saturated heterocycles. The number of hydrogen-bond donors (Lipinski definition) is 3. The number of nitrogens with zero attached hydrogens (tertiary/aromatic N) is 2. The number of para-hydroxylation sites is 2. The first-order chi connectivity index (χ1) is 16.4. The molecule has 1 aliphatic rings. The Hall–Kier alpha value is -3.68. The first-order valence-corrected chi connectivity index (χ1v) is 11.3. The van der Waals surface area contributed by atoms with Crippen LogP contribution in [0.4, 0.5) is 17.2 Å². The van der Waals surface area contributed by atoms with Crippen LogP contribution in [-0.4, -0.2) is 41.8 Å². The number of benzene rings is 2. The van der Waals surface area contributed by atoms with Crippen LogP contribution in [0.1, 0.15) is 17.0 Å². The second-order valence-electron chi connectivity index (χ2n) is 8.36. The number of pyridine rings is 1. The molecule has 174 valence electrons. The largest absolute Gasteiger partial charge is 0.397 e. The van der Waals surface area contributed by atoms with Gasteiger partial charge in [-0.2, -0.15) is 0 Å². The number of nitrogens with two attached hydrogens (primary N) is 1. The number of likely N-dealkylation sites (N-methyl/N-ethyl adjacent to an activating group) is 1. The highest BCUT2D eigenvalue weighted by molar-refractivity contribution is 6.30. The lowest BCUT2D eigenvalue weighted by atomic mass is 9.88. The third kappa shape index (κ3) is 5.81. The Morgan fingerprint density at radius 2 is 1.82 bits per heavy atom. The van der Waals surface area contributed by atoms with Crippen molar-refractivity contribution in [1.82, 2.24) is 9.88 Å². The average molecular weight is 476 g/mol. The van der Waals surface area contributed by atoms with Gasteiger partial charge in [-0.1, -0.05) is 48.0 Å². The monoisotopic (exact) mass is 475 g/mol. The van der Waals surface area contributed by atoms with Gasteiger partial charge in [0.05, 0.1) is 22.3 Å². The average Bonchev–Trinajstić information content (AvgIpc) is 3.23. The fraction of sp³-hybridized carbons (Fsp3) is 0.192. The van der Waals surface area contributed by atoms with Crippen molar-refractivity contribution in [2.75, 3.05) is 36.5 Å². The maximum absolute atomic E-state index is 13.0. The number of rotatable bonds is 6. The number of aromatic nitrogens is 1. The standard InChI is InChI=1S/C26H26ClN5O2/c1-32-15-20(21(16-32)26(34)31-24-12-11-19(27)14-29-24)18-9-6-17(7-10-18)8-13-25(33)30-23-5-3-2-4-22(23)28/h2-14,20-21H,15-16,28H2,1H3,(H,30,33)(H,29,31,34)/b13-8+/t20-,21+/m1/s1. The van der Waals surface area contributed by atoms with E-state index in [-0.39, 0.29) is 23.7 Å². The summed E-state index contributed by atoms with van der Waals surface area (Å²) in [5.41, 5.74) is 8.92. The summed E-state index contributed by atoms with van der Waals surface area (Å²) in [7, 11) is 2.01. The number of carbonyl (C=O) groups is 2. The normalized spacial score (nSPS) is 18.2. The molecule has 1 aliphatic heterocycles. The van der Waals surface area contributed by atoms with Crippen molar-refractivity contribution in [3.8, 4) is 0 Å². The van der Waals surface area contributed by atoms with Crippen LogP contribution < -0.4 is 16.4 Å². The van der Waals surface area contributed by atoms with E-state index >= 15 is 0 Å². The minimum absolute atomic E-state index is 0.0553. The minimum atomic E-state index is -0.257. The van der Waals surface area contributed by atoms with Crippen molar-refractivity contribution in [2.24, 2.45) is 5.92 Å². The van der Waals surface area contributed by atoms with E-state index in [2.05, 4.69) is 20.5 Å². The quantitative estimate of drug-likeness (QED) is 0.365. The molecule has 0 spiro atoms. The molecule has 34 heavy (non-hydrogen) atoms. The molecule has 0 radical (unpaired) electrons. The second kappa shape index (κ2) is 10.5. The molecule has 8 heteroatoms. The summed E-state index contributed by atoms with van der Waals surface area (Å²) in [6.07, 6.45) is 4.73. The summed E-state index contributed by atoms with van der Waals surface area (Å²) in [6.45, 7) is 1.44. The highest BCUT2D eigenvalue weighted by Crippen LogP contribution is 2.33. The predicted octanol–water partition coefficient (Wildman–Crippen LogP) is 4.25. The summed E-state index contributed by atoms with van der Waals surface area (Å²) < 4.78 is 0. The summed E-state index contributed by atoms with van der Waals surface area (Å²) in [5.74, 6) is 0.0151. The summed E-state index contributed by atoms with van der Waals surface area (Å²) in [6, 6.07) is 18.4. The van der Waals surface area contributed by atoms with Gasteiger partial charge in [-0.3, -0.25) is 9.59 Å². The SMILES string of the molecule is CN1C[C@H](C(=O)Nc2ccc(Cl)cn2)[C@@H](c2ccc(/C=C/C(=O)Nc3ccccc3N)cc2)C1. The van der Waals surface area contributed by atoms with Crippen molar-refractivity contribution in [1.29, 1.82) is 0 Å². The van der Waals surface area contributed by atoms with Crippen molar-refractivity contribution < 1.29 is 9.59 Å². The highest BCUT2D eigenvalue weighted by Gasteiger charge is 2.37. The van der Waals surface area contributed by atoms with E-state index in [1.54, 1.807) is 30.3 Å². The molecule has 2 aromatic carbocycles. The van der Waals surface area contributed by atoms with Gasteiger partial charge in [0.2, 0.25) is 11.8 Å². The zero-order valence-electron chi connectivity index (χ0n) is 18.7. The van der Waals surface area contributed by atoms with Crippen molar-refractivity contribution in [3.63, 3.8) is 0 Å². The molecule has 0 bridgehead atoms. The molecule has 1 fully saturated rings. The van der Waals surface area contributed by atoms with Crippen LogP contribution >= 0.6 is 11.6 Å². The molecule has 0 saturated carbocycles. The van der Waals surface area contributed by atoms with E-state index in [1.165, 1.54) is 12.3 Å². The molecule has 2 amide bonds. The van der Waals surface area contributed by atoms with Crippen LogP contribution in [0.25, 0.3) is 6.08 Å². The molecule has 4 N–H and O–H groups in total. The van der Waals surface area contributed by atoms with Crippen LogP contribution in [0, 0.1) is 5.92 Å². The van der Waals surface area contributed by atoms with E-state index in [0.717, 1.165) is 17.7 Å². The van der Waals surface area contributed by atoms with Crippen LogP contribution in [0.5, 0.6) is 0 Å². The number of halogens is 1.